The topological polar surface area (TPSA) is 50.7 Å². The number of aliphatic hydroxyl groups is 1. The minimum absolute atomic E-state index is 0. The molecule has 0 aromatic heterocycles. The molecular formula is C20H27NO3. The number of benzene rings is 2. The quantitative estimate of drug-likeness (QED) is 0.883. The fraction of sp³-hybridized carbons (Fsp3) is 0.400. The molecule has 130 valence electrons. The molecule has 4 nitrogen and oxygen atoms in total. The normalized spacial score (nSPS) is 17.2. The molecule has 4 heteroatoms. The highest BCUT2D eigenvalue weighted by Crippen LogP contribution is 2.38. The van der Waals surface area contributed by atoms with Crippen LogP contribution in [0.5, 0.6) is 11.5 Å². The minimum Gasteiger partial charge on any atom is -0.497 e. The predicted octanol–water partition coefficient (Wildman–Crippen LogP) is 3.33. The molecule has 0 radical (unpaired) electrons. The van der Waals surface area contributed by atoms with Gasteiger partial charge in [-0.25, -0.2) is 0 Å². The van der Waals surface area contributed by atoms with E-state index in [1.165, 1.54) is 0 Å². The Bertz CT molecular complexity index is 618. The molecule has 1 heterocycles. The third kappa shape index (κ3) is 3.25. The maximum atomic E-state index is 11.7. The molecule has 1 atom stereocenters. The maximum absolute atomic E-state index is 11.7. The lowest BCUT2D eigenvalue weighted by Crippen LogP contribution is -2.46. The first-order chi connectivity index (χ1) is 11.2. The van der Waals surface area contributed by atoms with Gasteiger partial charge in [0.1, 0.15) is 17.1 Å². The van der Waals surface area contributed by atoms with Crippen LogP contribution in [-0.2, 0) is 5.60 Å². The first kappa shape index (κ1) is 18.3. The summed E-state index contributed by atoms with van der Waals surface area (Å²) in [5.74, 6) is 1.48. The highest BCUT2D eigenvalue weighted by atomic mass is 16.5. The van der Waals surface area contributed by atoms with Crippen LogP contribution >= 0.6 is 0 Å². The van der Waals surface area contributed by atoms with Crippen LogP contribution in [0.3, 0.4) is 0 Å². The van der Waals surface area contributed by atoms with Gasteiger partial charge in [-0.3, -0.25) is 0 Å². The fourth-order valence-corrected chi connectivity index (χ4v) is 3.33. The van der Waals surface area contributed by atoms with Crippen molar-refractivity contribution in [2.45, 2.75) is 31.9 Å². The Hall–Kier alpha value is -2.04. The number of hydrogen-bond donors (Lipinski definition) is 2. The van der Waals surface area contributed by atoms with Crippen molar-refractivity contribution in [3.8, 4) is 11.5 Å². The van der Waals surface area contributed by atoms with E-state index in [0.717, 1.165) is 42.0 Å². The van der Waals surface area contributed by atoms with E-state index in [1.807, 2.05) is 48.5 Å². The first-order valence-electron chi connectivity index (χ1n) is 7.93. The molecule has 2 aromatic rings. The predicted molar refractivity (Wildman–Crippen MR) is 96.7 cm³/mol. The number of hydrogen-bond acceptors (Lipinski definition) is 4. The Kier molecular flexibility index (Phi) is 5.86. The Morgan fingerprint density at radius 3 is 1.96 bits per heavy atom. The Balaban J connectivity index is 0.00000208. The van der Waals surface area contributed by atoms with Crippen LogP contribution in [0.25, 0.3) is 0 Å². The first-order valence-corrected chi connectivity index (χ1v) is 7.93. The van der Waals surface area contributed by atoms with E-state index in [-0.39, 0.29) is 13.5 Å². The van der Waals surface area contributed by atoms with Gasteiger partial charge in [-0.2, -0.15) is 0 Å². The summed E-state index contributed by atoms with van der Waals surface area (Å²) in [5, 5.41) is 15.2. The smallest absolute Gasteiger partial charge is 0.130 e. The second-order valence-corrected chi connectivity index (χ2v) is 5.88. The van der Waals surface area contributed by atoms with Crippen molar-refractivity contribution < 1.29 is 14.6 Å². The third-order valence-corrected chi connectivity index (χ3v) is 4.58. The Labute approximate surface area is 144 Å². The fourth-order valence-electron chi connectivity index (χ4n) is 3.33. The van der Waals surface area contributed by atoms with Gasteiger partial charge in [0, 0.05) is 6.04 Å². The lowest BCUT2D eigenvalue weighted by Gasteiger charge is -2.35. The van der Waals surface area contributed by atoms with E-state index in [9.17, 15) is 5.11 Å². The monoisotopic (exact) mass is 329 g/mol. The van der Waals surface area contributed by atoms with Crippen molar-refractivity contribution in [3.05, 3.63) is 59.7 Å². The van der Waals surface area contributed by atoms with Crippen molar-refractivity contribution in [1.82, 2.24) is 5.32 Å². The lowest BCUT2D eigenvalue weighted by molar-refractivity contribution is 0.0438. The van der Waals surface area contributed by atoms with E-state index in [0.29, 0.717) is 0 Å². The summed E-state index contributed by atoms with van der Waals surface area (Å²) >= 11 is 0. The van der Waals surface area contributed by atoms with Crippen LogP contribution in [0.4, 0.5) is 0 Å². The van der Waals surface area contributed by atoms with Crippen molar-refractivity contribution >= 4 is 0 Å². The Morgan fingerprint density at radius 1 is 1.00 bits per heavy atom. The summed E-state index contributed by atoms with van der Waals surface area (Å²) in [6, 6.07) is 15.3. The molecule has 1 fully saturated rings. The average molecular weight is 329 g/mol. The molecule has 0 aliphatic carbocycles. The Morgan fingerprint density at radius 2 is 1.54 bits per heavy atom. The van der Waals surface area contributed by atoms with E-state index in [2.05, 4.69) is 5.32 Å². The minimum atomic E-state index is -1.13. The zero-order valence-electron chi connectivity index (χ0n) is 13.6. The van der Waals surface area contributed by atoms with Crippen LogP contribution in [0.1, 0.15) is 31.4 Å². The van der Waals surface area contributed by atoms with Gasteiger partial charge < -0.3 is 19.9 Å². The molecule has 0 unspecified atom stereocenters. The summed E-state index contributed by atoms with van der Waals surface area (Å²) in [4.78, 5) is 0. The second kappa shape index (κ2) is 7.69. The van der Waals surface area contributed by atoms with Gasteiger partial charge in [0.25, 0.3) is 0 Å². The van der Waals surface area contributed by atoms with Gasteiger partial charge in [-0.1, -0.05) is 31.7 Å². The molecule has 1 aliphatic rings. The van der Waals surface area contributed by atoms with Gasteiger partial charge in [0.05, 0.1) is 14.2 Å². The molecule has 2 N–H and O–H groups in total. The zero-order valence-corrected chi connectivity index (χ0v) is 13.6. The molecule has 2 aromatic carbocycles. The second-order valence-electron chi connectivity index (χ2n) is 5.88. The van der Waals surface area contributed by atoms with Crippen molar-refractivity contribution in [2.75, 3.05) is 20.8 Å². The molecule has 0 amide bonds. The summed E-state index contributed by atoms with van der Waals surface area (Å²) in [5.41, 5.74) is 0.522. The van der Waals surface area contributed by atoms with Gasteiger partial charge in [0.15, 0.2) is 0 Å². The number of methoxy groups -OCH3 is 2. The molecule has 3 rings (SSSR count). The van der Waals surface area contributed by atoms with Gasteiger partial charge >= 0.3 is 0 Å². The van der Waals surface area contributed by atoms with E-state index < -0.39 is 5.60 Å². The van der Waals surface area contributed by atoms with Crippen molar-refractivity contribution in [1.29, 1.82) is 0 Å². The molecule has 0 saturated carbocycles. The van der Waals surface area contributed by atoms with E-state index in [1.54, 1.807) is 14.2 Å². The van der Waals surface area contributed by atoms with Crippen LogP contribution in [0.2, 0.25) is 0 Å². The standard InChI is InChI=1S/C19H23NO3.CH4/c1-22-16-8-3-6-14(12-16)19(21,18-10-5-11-20-18)15-7-4-9-17(13-15)23-2;/h3-4,6-9,12-13,18,20-21H,5,10-11H2,1-2H3;1H4/t18-;/m1./s1. The maximum Gasteiger partial charge on any atom is 0.130 e. The van der Waals surface area contributed by atoms with Gasteiger partial charge in [-0.15, -0.1) is 0 Å². The molecule has 24 heavy (non-hydrogen) atoms. The van der Waals surface area contributed by atoms with Crippen molar-refractivity contribution in [3.63, 3.8) is 0 Å². The van der Waals surface area contributed by atoms with Crippen LogP contribution < -0.4 is 14.8 Å². The number of nitrogens with one attached hydrogen (secondary N) is 1. The molecule has 1 saturated heterocycles. The van der Waals surface area contributed by atoms with Gasteiger partial charge in [0.2, 0.25) is 0 Å². The molecule has 0 bridgehead atoms. The van der Waals surface area contributed by atoms with Crippen LogP contribution in [0, 0.1) is 0 Å². The summed E-state index contributed by atoms with van der Waals surface area (Å²) in [6.45, 7) is 0.918. The summed E-state index contributed by atoms with van der Waals surface area (Å²) < 4.78 is 10.7. The highest BCUT2D eigenvalue weighted by molar-refractivity contribution is 5.44. The summed E-state index contributed by atoms with van der Waals surface area (Å²) in [7, 11) is 3.27. The molecule has 0 spiro atoms. The third-order valence-electron chi connectivity index (χ3n) is 4.58. The molecular weight excluding hydrogens is 302 g/mol. The number of rotatable bonds is 5. The SMILES string of the molecule is C.COc1cccc(C(O)(c2cccc(OC)c2)[C@H]2CCCN2)c1. The number of ether oxygens (including phenoxy) is 2. The summed E-state index contributed by atoms with van der Waals surface area (Å²) in [6.07, 6.45) is 1.98. The van der Waals surface area contributed by atoms with E-state index >= 15 is 0 Å². The van der Waals surface area contributed by atoms with Crippen LogP contribution in [0.15, 0.2) is 48.5 Å². The zero-order chi connectivity index (χ0) is 16.3. The van der Waals surface area contributed by atoms with Crippen molar-refractivity contribution in [2.24, 2.45) is 0 Å². The van der Waals surface area contributed by atoms with Gasteiger partial charge in [-0.05, 0) is 54.8 Å². The van der Waals surface area contributed by atoms with E-state index in [4.69, 9.17) is 9.47 Å². The van der Waals surface area contributed by atoms with Crippen LogP contribution in [-0.4, -0.2) is 31.9 Å². The largest absolute Gasteiger partial charge is 0.497 e. The average Bonchev–Trinajstić information content (AvgIpc) is 3.16. The molecule has 1 aliphatic heterocycles. The highest BCUT2D eigenvalue weighted by Gasteiger charge is 2.42. The lowest BCUT2D eigenvalue weighted by atomic mass is 9.79.